The second-order valence-corrected chi connectivity index (χ2v) is 7.11. The van der Waals surface area contributed by atoms with Crippen LogP contribution in [0.25, 0.3) is 0 Å². The molecule has 1 N–H and O–H groups in total. The zero-order valence-electron chi connectivity index (χ0n) is 12.3. The van der Waals surface area contributed by atoms with Gasteiger partial charge in [-0.25, -0.2) is 0 Å². The van der Waals surface area contributed by atoms with Gasteiger partial charge in [0.25, 0.3) is 0 Å². The van der Waals surface area contributed by atoms with Crippen LogP contribution in [0, 0.1) is 6.92 Å². The van der Waals surface area contributed by atoms with Crippen molar-refractivity contribution in [2.45, 2.75) is 51.1 Å². The van der Waals surface area contributed by atoms with Crippen LogP contribution in [-0.2, 0) is 6.42 Å². The van der Waals surface area contributed by atoms with Crippen LogP contribution < -0.4 is 5.32 Å². The number of thiophene rings is 1. The summed E-state index contributed by atoms with van der Waals surface area (Å²) in [7, 11) is 0. The Morgan fingerprint density at radius 1 is 1.20 bits per heavy atom. The van der Waals surface area contributed by atoms with Crippen LogP contribution in [0.1, 0.15) is 41.7 Å². The second kappa shape index (κ2) is 6.11. The van der Waals surface area contributed by atoms with Gasteiger partial charge in [0.05, 0.1) is 0 Å². The molecule has 0 amide bonds. The minimum atomic E-state index is 0.580. The van der Waals surface area contributed by atoms with E-state index in [1.165, 1.54) is 23.3 Å². The summed E-state index contributed by atoms with van der Waals surface area (Å²) in [5, 5.41) is 5.95. The summed E-state index contributed by atoms with van der Waals surface area (Å²) in [5.41, 5.74) is 3.00. The molecule has 1 heterocycles. The van der Waals surface area contributed by atoms with Crippen molar-refractivity contribution in [3.8, 4) is 0 Å². The maximum absolute atomic E-state index is 3.78. The first-order valence-electron chi connectivity index (χ1n) is 7.56. The number of hydrogen-bond donors (Lipinski definition) is 1. The summed E-state index contributed by atoms with van der Waals surface area (Å²) in [5.74, 6) is 0.766. The lowest BCUT2D eigenvalue weighted by Gasteiger charge is -2.38. The van der Waals surface area contributed by atoms with Gasteiger partial charge in [0.2, 0.25) is 0 Å². The molecule has 20 heavy (non-hydrogen) atoms. The highest BCUT2D eigenvalue weighted by Gasteiger charge is 2.31. The van der Waals surface area contributed by atoms with Crippen molar-refractivity contribution in [3.63, 3.8) is 0 Å². The highest BCUT2D eigenvalue weighted by molar-refractivity contribution is 7.09. The molecule has 2 heteroatoms. The van der Waals surface area contributed by atoms with Crippen molar-refractivity contribution >= 4 is 11.3 Å². The molecule has 1 unspecified atom stereocenters. The average molecular weight is 285 g/mol. The molecule has 106 valence electrons. The van der Waals surface area contributed by atoms with E-state index in [2.05, 4.69) is 60.9 Å². The molecule has 3 rings (SSSR count). The molecule has 1 saturated carbocycles. The Labute approximate surface area is 126 Å². The number of aryl methyl sites for hydroxylation is 1. The molecule has 2 aromatic rings. The van der Waals surface area contributed by atoms with Crippen LogP contribution in [0.4, 0.5) is 0 Å². The van der Waals surface area contributed by atoms with E-state index in [0.29, 0.717) is 12.1 Å². The molecule has 0 aliphatic heterocycles. The maximum atomic E-state index is 3.78. The molecule has 0 saturated heterocycles. The largest absolute Gasteiger partial charge is 0.311 e. The minimum Gasteiger partial charge on any atom is -0.311 e. The van der Waals surface area contributed by atoms with Crippen LogP contribution in [0.2, 0.25) is 0 Å². The normalized spacial score (nSPS) is 23.3. The van der Waals surface area contributed by atoms with E-state index in [-0.39, 0.29) is 0 Å². The van der Waals surface area contributed by atoms with Crippen LogP contribution >= 0.6 is 11.3 Å². The Bertz CT molecular complexity index is 540. The molecule has 0 spiro atoms. The molecule has 1 fully saturated rings. The molecule has 1 atom stereocenters. The fraction of sp³-hybridized carbons (Fsp3) is 0.444. The first kappa shape index (κ1) is 13.8. The minimum absolute atomic E-state index is 0.580. The summed E-state index contributed by atoms with van der Waals surface area (Å²) in [6.45, 7) is 4.54. The van der Waals surface area contributed by atoms with Gasteiger partial charge >= 0.3 is 0 Å². The van der Waals surface area contributed by atoms with Crippen molar-refractivity contribution in [3.05, 3.63) is 57.8 Å². The summed E-state index contributed by atoms with van der Waals surface area (Å²) in [6, 6.07) is 14.5. The van der Waals surface area contributed by atoms with Crippen molar-refractivity contribution in [2.24, 2.45) is 0 Å². The topological polar surface area (TPSA) is 12.0 Å². The van der Waals surface area contributed by atoms with E-state index < -0.39 is 0 Å². The van der Waals surface area contributed by atoms with Gasteiger partial charge < -0.3 is 5.32 Å². The van der Waals surface area contributed by atoms with Gasteiger partial charge in [-0.3, -0.25) is 0 Å². The van der Waals surface area contributed by atoms with Crippen molar-refractivity contribution in [1.29, 1.82) is 0 Å². The predicted molar refractivity (Wildman–Crippen MR) is 87.6 cm³/mol. The van der Waals surface area contributed by atoms with Gasteiger partial charge in [-0.2, -0.15) is 0 Å². The molecule has 1 aromatic carbocycles. The lowest BCUT2D eigenvalue weighted by atomic mass is 9.74. The van der Waals surface area contributed by atoms with Gasteiger partial charge in [-0.15, -0.1) is 11.3 Å². The molecule has 1 aliphatic carbocycles. The van der Waals surface area contributed by atoms with Crippen molar-refractivity contribution < 1.29 is 0 Å². The van der Waals surface area contributed by atoms with Gasteiger partial charge in [-0.1, -0.05) is 30.3 Å². The van der Waals surface area contributed by atoms with Crippen LogP contribution in [0.15, 0.2) is 41.8 Å². The smallest absolute Gasteiger partial charge is 0.00896 e. The summed E-state index contributed by atoms with van der Waals surface area (Å²) in [6.07, 6.45) is 3.74. The fourth-order valence-electron chi connectivity index (χ4n) is 3.24. The second-order valence-electron chi connectivity index (χ2n) is 6.07. The third-order valence-corrected chi connectivity index (χ3v) is 5.27. The lowest BCUT2D eigenvalue weighted by Crippen LogP contribution is -2.45. The van der Waals surface area contributed by atoms with Gasteiger partial charge in [-0.05, 0) is 61.6 Å². The first-order valence-corrected chi connectivity index (χ1v) is 8.44. The SMILES string of the molecule is Cc1ccccc1C1CC(NC(C)Cc2cccs2)C1. The molecular weight excluding hydrogens is 262 g/mol. The Kier molecular flexibility index (Phi) is 4.23. The molecule has 1 nitrogen and oxygen atoms in total. The van der Waals surface area contributed by atoms with Crippen LogP contribution in [0.5, 0.6) is 0 Å². The number of hydrogen-bond acceptors (Lipinski definition) is 2. The van der Waals surface area contributed by atoms with Gasteiger partial charge in [0.15, 0.2) is 0 Å². The zero-order valence-corrected chi connectivity index (χ0v) is 13.1. The van der Waals surface area contributed by atoms with Crippen molar-refractivity contribution in [2.75, 3.05) is 0 Å². The van der Waals surface area contributed by atoms with E-state index in [9.17, 15) is 0 Å². The van der Waals surface area contributed by atoms with Crippen LogP contribution in [-0.4, -0.2) is 12.1 Å². The molecule has 0 bridgehead atoms. The zero-order chi connectivity index (χ0) is 13.9. The third-order valence-electron chi connectivity index (χ3n) is 4.37. The van der Waals surface area contributed by atoms with Gasteiger partial charge in [0, 0.05) is 17.0 Å². The van der Waals surface area contributed by atoms with Crippen molar-refractivity contribution in [1.82, 2.24) is 5.32 Å². The summed E-state index contributed by atoms with van der Waals surface area (Å²) >= 11 is 1.86. The lowest BCUT2D eigenvalue weighted by molar-refractivity contribution is 0.269. The number of rotatable bonds is 5. The van der Waals surface area contributed by atoms with E-state index in [0.717, 1.165) is 12.3 Å². The van der Waals surface area contributed by atoms with E-state index in [4.69, 9.17) is 0 Å². The maximum Gasteiger partial charge on any atom is 0.00896 e. The monoisotopic (exact) mass is 285 g/mol. The highest BCUT2D eigenvalue weighted by atomic mass is 32.1. The van der Waals surface area contributed by atoms with E-state index in [1.807, 2.05) is 11.3 Å². The Hall–Kier alpha value is -1.12. The molecule has 1 aliphatic rings. The standard InChI is InChI=1S/C18H23NS/c1-13-6-3-4-8-18(13)15-11-16(12-15)19-14(2)10-17-7-5-9-20-17/h3-9,14-16,19H,10-12H2,1-2H3. The summed E-state index contributed by atoms with van der Waals surface area (Å²) in [4.78, 5) is 1.49. The average Bonchev–Trinajstić information content (AvgIpc) is 2.87. The molecule has 1 aromatic heterocycles. The quantitative estimate of drug-likeness (QED) is 0.851. The Morgan fingerprint density at radius 3 is 2.70 bits per heavy atom. The highest BCUT2D eigenvalue weighted by Crippen LogP contribution is 2.38. The number of nitrogens with one attached hydrogen (secondary N) is 1. The fourth-order valence-corrected chi connectivity index (χ4v) is 4.08. The Balaban J connectivity index is 1.47. The molecular formula is C18H23NS. The Morgan fingerprint density at radius 2 is 2.00 bits per heavy atom. The molecule has 0 radical (unpaired) electrons. The van der Waals surface area contributed by atoms with Gasteiger partial charge in [0.1, 0.15) is 0 Å². The van der Waals surface area contributed by atoms with Crippen LogP contribution in [0.3, 0.4) is 0 Å². The van der Waals surface area contributed by atoms with E-state index >= 15 is 0 Å². The summed E-state index contributed by atoms with van der Waals surface area (Å²) < 4.78 is 0. The van der Waals surface area contributed by atoms with E-state index in [1.54, 1.807) is 5.56 Å². The first-order chi connectivity index (χ1) is 9.72. The number of benzene rings is 1. The third kappa shape index (κ3) is 3.13. The predicted octanol–water partition coefficient (Wildman–Crippen LogP) is 4.52.